The molecule has 0 radical (unpaired) electrons. The molecule has 2 aliphatic rings. The molecule has 0 bridgehead atoms. The van der Waals surface area contributed by atoms with E-state index in [1.807, 2.05) is 13.8 Å². The average Bonchev–Trinajstić information content (AvgIpc) is 2.84. The fourth-order valence-corrected chi connectivity index (χ4v) is 2.19. The first kappa shape index (κ1) is 9.83. The standard InChI is InChI=1S/C10H16.C2H6/c1-8-3-4-10(5-6-10)9(2)7-8;1-2/h8H,2-7H2,1H3;1-2H3. The van der Waals surface area contributed by atoms with Gasteiger partial charge in [0.1, 0.15) is 0 Å². The Bertz CT molecular complexity index is 163. The van der Waals surface area contributed by atoms with Crippen LogP contribution in [0.15, 0.2) is 12.2 Å². The molecule has 0 heterocycles. The van der Waals surface area contributed by atoms with Gasteiger partial charge in [-0.1, -0.05) is 32.9 Å². The highest BCUT2D eigenvalue weighted by molar-refractivity contribution is 5.21. The molecule has 0 aliphatic heterocycles. The summed E-state index contributed by atoms with van der Waals surface area (Å²) in [7, 11) is 0. The molecular weight excluding hydrogens is 144 g/mol. The van der Waals surface area contributed by atoms with Gasteiger partial charge >= 0.3 is 0 Å². The van der Waals surface area contributed by atoms with Crippen LogP contribution in [0.1, 0.15) is 52.9 Å². The molecule has 0 N–H and O–H groups in total. The summed E-state index contributed by atoms with van der Waals surface area (Å²) in [6, 6.07) is 0. The zero-order valence-electron chi connectivity index (χ0n) is 8.82. The van der Waals surface area contributed by atoms with Crippen LogP contribution in [0.3, 0.4) is 0 Å². The van der Waals surface area contributed by atoms with E-state index in [1.165, 1.54) is 32.1 Å². The lowest BCUT2D eigenvalue weighted by Crippen LogP contribution is -2.15. The summed E-state index contributed by atoms with van der Waals surface area (Å²) in [5.74, 6) is 0.915. The van der Waals surface area contributed by atoms with Gasteiger partial charge in [0.25, 0.3) is 0 Å². The molecular formula is C12H22. The van der Waals surface area contributed by atoms with Gasteiger partial charge in [-0.05, 0) is 43.4 Å². The van der Waals surface area contributed by atoms with Crippen LogP contribution in [0.4, 0.5) is 0 Å². The van der Waals surface area contributed by atoms with E-state index in [2.05, 4.69) is 13.5 Å². The zero-order chi connectivity index (χ0) is 9.19. The third kappa shape index (κ3) is 1.73. The maximum Gasteiger partial charge on any atom is -0.00899 e. The first-order chi connectivity index (χ1) is 5.73. The lowest BCUT2D eigenvalue weighted by atomic mass is 9.77. The average molecular weight is 166 g/mol. The van der Waals surface area contributed by atoms with Crippen molar-refractivity contribution in [2.75, 3.05) is 0 Å². The Kier molecular flexibility index (Phi) is 2.98. The number of hydrogen-bond donors (Lipinski definition) is 0. The van der Waals surface area contributed by atoms with Gasteiger partial charge in [-0.2, -0.15) is 0 Å². The monoisotopic (exact) mass is 166 g/mol. The summed E-state index contributed by atoms with van der Waals surface area (Å²) in [5, 5.41) is 0. The Morgan fingerprint density at radius 3 is 2.25 bits per heavy atom. The van der Waals surface area contributed by atoms with Gasteiger partial charge < -0.3 is 0 Å². The van der Waals surface area contributed by atoms with Crippen LogP contribution in [0.2, 0.25) is 0 Å². The zero-order valence-corrected chi connectivity index (χ0v) is 8.82. The summed E-state index contributed by atoms with van der Waals surface area (Å²) in [5.41, 5.74) is 2.23. The largest absolute Gasteiger partial charge is 0.0993 e. The van der Waals surface area contributed by atoms with E-state index in [-0.39, 0.29) is 0 Å². The summed E-state index contributed by atoms with van der Waals surface area (Å²) < 4.78 is 0. The van der Waals surface area contributed by atoms with E-state index in [0.717, 1.165) is 5.92 Å². The van der Waals surface area contributed by atoms with E-state index < -0.39 is 0 Å². The normalized spacial score (nSPS) is 30.9. The lowest BCUT2D eigenvalue weighted by molar-refractivity contribution is 0.356. The van der Waals surface area contributed by atoms with Crippen LogP contribution in [0, 0.1) is 11.3 Å². The molecule has 2 saturated carbocycles. The van der Waals surface area contributed by atoms with Gasteiger partial charge in [0.05, 0.1) is 0 Å². The Labute approximate surface area is 77.1 Å². The summed E-state index contributed by atoms with van der Waals surface area (Å²) in [4.78, 5) is 0. The van der Waals surface area contributed by atoms with Crippen molar-refractivity contribution in [2.24, 2.45) is 11.3 Å². The van der Waals surface area contributed by atoms with Gasteiger partial charge in [-0.15, -0.1) is 0 Å². The van der Waals surface area contributed by atoms with Crippen LogP contribution < -0.4 is 0 Å². The Hall–Kier alpha value is -0.260. The molecule has 0 nitrogen and oxygen atoms in total. The van der Waals surface area contributed by atoms with Gasteiger partial charge in [0.2, 0.25) is 0 Å². The fraction of sp³-hybridized carbons (Fsp3) is 0.833. The lowest BCUT2D eigenvalue weighted by Gasteiger charge is -2.28. The summed E-state index contributed by atoms with van der Waals surface area (Å²) in [6.07, 6.45) is 7.07. The van der Waals surface area contributed by atoms with Gasteiger partial charge in [-0.25, -0.2) is 0 Å². The second kappa shape index (κ2) is 3.64. The first-order valence-electron chi connectivity index (χ1n) is 5.41. The van der Waals surface area contributed by atoms with Crippen molar-refractivity contribution in [1.29, 1.82) is 0 Å². The molecule has 0 amide bonds. The highest BCUT2D eigenvalue weighted by Gasteiger charge is 2.46. The molecule has 1 spiro atoms. The highest BCUT2D eigenvalue weighted by Crippen LogP contribution is 2.59. The SMILES string of the molecule is C=C1CC(C)CCC12CC2.CC. The Morgan fingerprint density at radius 2 is 1.83 bits per heavy atom. The minimum atomic E-state index is 0.673. The van der Waals surface area contributed by atoms with Crippen molar-refractivity contribution < 1.29 is 0 Å². The van der Waals surface area contributed by atoms with E-state index >= 15 is 0 Å². The number of rotatable bonds is 0. The molecule has 12 heavy (non-hydrogen) atoms. The number of hydrogen-bond acceptors (Lipinski definition) is 0. The van der Waals surface area contributed by atoms with Crippen LogP contribution in [0.25, 0.3) is 0 Å². The van der Waals surface area contributed by atoms with E-state index in [4.69, 9.17) is 0 Å². The van der Waals surface area contributed by atoms with Crippen LogP contribution >= 0.6 is 0 Å². The maximum absolute atomic E-state index is 4.18. The number of allylic oxidation sites excluding steroid dienone is 1. The fourth-order valence-electron chi connectivity index (χ4n) is 2.19. The van der Waals surface area contributed by atoms with Gasteiger partial charge in [0.15, 0.2) is 0 Å². The minimum Gasteiger partial charge on any atom is -0.0993 e. The minimum absolute atomic E-state index is 0.673. The molecule has 2 aliphatic carbocycles. The molecule has 0 aromatic heterocycles. The highest BCUT2D eigenvalue weighted by atomic mass is 14.5. The second-order valence-electron chi connectivity index (χ2n) is 4.23. The molecule has 1 unspecified atom stereocenters. The summed E-state index contributed by atoms with van der Waals surface area (Å²) >= 11 is 0. The third-order valence-electron chi connectivity index (χ3n) is 3.31. The van der Waals surface area contributed by atoms with E-state index in [1.54, 1.807) is 5.57 Å². The van der Waals surface area contributed by atoms with Crippen molar-refractivity contribution >= 4 is 0 Å². The maximum atomic E-state index is 4.18. The van der Waals surface area contributed by atoms with Crippen LogP contribution in [-0.4, -0.2) is 0 Å². The molecule has 0 saturated heterocycles. The van der Waals surface area contributed by atoms with Crippen molar-refractivity contribution in [3.8, 4) is 0 Å². The topological polar surface area (TPSA) is 0 Å². The van der Waals surface area contributed by atoms with Crippen LogP contribution in [-0.2, 0) is 0 Å². The Morgan fingerprint density at radius 1 is 1.25 bits per heavy atom. The predicted molar refractivity (Wildman–Crippen MR) is 55.2 cm³/mol. The molecule has 0 heteroatoms. The van der Waals surface area contributed by atoms with Crippen molar-refractivity contribution in [2.45, 2.75) is 52.9 Å². The van der Waals surface area contributed by atoms with Crippen LogP contribution in [0.5, 0.6) is 0 Å². The quantitative estimate of drug-likeness (QED) is 0.474. The third-order valence-corrected chi connectivity index (χ3v) is 3.31. The van der Waals surface area contributed by atoms with Crippen molar-refractivity contribution in [3.05, 3.63) is 12.2 Å². The van der Waals surface area contributed by atoms with E-state index in [0.29, 0.717) is 5.41 Å². The predicted octanol–water partition coefficient (Wildman–Crippen LogP) is 4.17. The van der Waals surface area contributed by atoms with Crippen molar-refractivity contribution in [1.82, 2.24) is 0 Å². The molecule has 70 valence electrons. The molecule has 2 fully saturated rings. The first-order valence-corrected chi connectivity index (χ1v) is 5.41. The smallest absolute Gasteiger partial charge is 0.00899 e. The van der Waals surface area contributed by atoms with Crippen molar-refractivity contribution in [3.63, 3.8) is 0 Å². The molecule has 1 atom stereocenters. The summed E-state index contributed by atoms with van der Waals surface area (Å²) in [6.45, 7) is 10.5. The molecule has 0 aromatic rings. The Balaban J connectivity index is 0.000000336. The van der Waals surface area contributed by atoms with E-state index in [9.17, 15) is 0 Å². The molecule has 0 aromatic carbocycles. The van der Waals surface area contributed by atoms with Gasteiger partial charge in [0, 0.05) is 0 Å². The molecule has 2 rings (SSSR count). The van der Waals surface area contributed by atoms with Gasteiger partial charge in [-0.3, -0.25) is 0 Å². The second-order valence-corrected chi connectivity index (χ2v) is 4.23.